The van der Waals surface area contributed by atoms with Gasteiger partial charge in [-0.3, -0.25) is 0 Å². The number of hydrogen-bond acceptors (Lipinski definition) is 6. The molecule has 2 heterocycles. The first kappa shape index (κ1) is 15.2. The number of nitrogens with two attached hydrogens (primary N) is 1. The summed E-state index contributed by atoms with van der Waals surface area (Å²) in [6, 6.07) is 2.41. The smallest absolute Gasteiger partial charge is 0.227 e. The molecule has 5 nitrogen and oxygen atoms in total. The first-order valence-electron chi connectivity index (χ1n) is 6.55. The van der Waals surface area contributed by atoms with Gasteiger partial charge in [0.05, 0.1) is 0 Å². The van der Waals surface area contributed by atoms with Gasteiger partial charge in [-0.15, -0.1) is 11.3 Å². The highest BCUT2D eigenvalue weighted by Crippen LogP contribution is 2.25. The lowest BCUT2D eigenvalue weighted by molar-refractivity contribution is 0.629. The molecule has 2 aromatic heterocycles. The van der Waals surface area contributed by atoms with E-state index < -0.39 is 0 Å². The van der Waals surface area contributed by atoms with Gasteiger partial charge in [0, 0.05) is 15.4 Å². The third-order valence-corrected chi connectivity index (χ3v) is 4.99. The van der Waals surface area contributed by atoms with Gasteiger partial charge in [0.1, 0.15) is 5.82 Å². The number of halogens is 1. The van der Waals surface area contributed by atoms with Gasteiger partial charge in [0.15, 0.2) is 0 Å². The lowest BCUT2D eigenvalue weighted by Gasteiger charge is -2.16. The normalized spacial score (nSPS) is 12.3. The summed E-state index contributed by atoms with van der Waals surface area (Å²) in [5.74, 6) is 1.46. The van der Waals surface area contributed by atoms with Crippen molar-refractivity contribution in [1.82, 2.24) is 15.0 Å². The van der Waals surface area contributed by atoms with Crippen molar-refractivity contribution in [2.75, 3.05) is 11.1 Å². The fraction of sp³-hybridized carbons (Fsp3) is 0.462. The first-order valence-corrected chi connectivity index (χ1v) is 8.22. The maximum absolute atomic E-state index is 5.64. The van der Waals surface area contributed by atoms with Gasteiger partial charge in [-0.05, 0) is 53.6 Å². The van der Waals surface area contributed by atoms with Gasteiger partial charge in [-0.1, -0.05) is 6.92 Å². The van der Waals surface area contributed by atoms with Gasteiger partial charge in [0.2, 0.25) is 11.9 Å². The number of nitrogens with one attached hydrogen (secondary N) is 1. The number of rotatable bonds is 6. The van der Waals surface area contributed by atoms with Crippen LogP contribution in [0.15, 0.2) is 15.9 Å². The second-order valence-electron chi connectivity index (χ2n) is 4.54. The van der Waals surface area contributed by atoms with E-state index >= 15 is 0 Å². The van der Waals surface area contributed by atoms with Gasteiger partial charge in [-0.2, -0.15) is 15.0 Å². The van der Waals surface area contributed by atoms with Crippen molar-refractivity contribution < 1.29 is 0 Å². The highest BCUT2D eigenvalue weighted by Gasteiger charge is 2.11. The van der Waals surface area contributed by atoms with E-state index in [0.29, 0.717) is 17.8 Å². The van der Waals surface area contributed by atoms with Crippen LogP contribution in [0.5, 0.6) is 0 Å². The molecule has 1 unspecified atom stereocenters. The molecule has 7 heteroatoms. The number of hydrogen-bond donors (Lipinski definition) is 2. The minimum Gasteiger partial charge on any atom is -0.368 e. The number of aromatic nitrogens is 3. The molecular weight excluding hydrogens is 338 g/mol. The Kier molecular flexibility index (Phi) is 5.31. The average Bonchev–Trinajstić information content (AvgIpc) is 2.79. The Hall–Kier alpha value is -1.21. The Balaban J connectivity index is 1.96. The van der Waals surface area contributed by atoms with E-state index in [-0.39, 0.29) is 5.95 Å². The maximum atomic E-state index is 5.64. The summed E-state index contributed by atoms with van der Waals surface area (Å²) in [6.45, 7) is 3.96. The maximum Gasteiger partial charge on any atom is 0.227 e. The molecule has 0 saturated carbocycles. The van der Waals surface area contributed by atoms with Crippen molar-refractivity contribution in [2.24, 2.45) is 0 Å². The summed E-state index contributed by atoms with van der Waals surface area (Å²) in [5, 5.41) is 5.44. The van der Waals surface area contributed by atoms with Crippen LogP contribution in [0.4, 0.5) is 11.9 Å². The Labute approximate surface area is 131 Å². The Morgan fingerprint density at radius 1 is 1.40 bits per heavy atom. The zero-order chi connectivity index (χ0) is 14.5. The number of aryl methyl sites for hydroxylation is 2. The third kappa shape index (κ3) is 4.14. The predicted molar refractivity (Wildman–Crippen MR) is 87.0 cm³/mol. The highest BCUT2D eigenvalue weighted by molar-refractivity contribution is 9.10. The molecule has 2 rings (SSSR count). The van der Waals surface area contributed by atoms with Crippen molar-refractivity contribution in [3.05, 3.63) is 26.6 Å². The zero-order valence-electron chi connectivity index (χ0n) is 11.6. The van der Waals surface area contributed by atoms with Crippen molar-refractivity contribution in [2.45, 2.75) is 39.2 Å². The van der Waals surface area contributed by atoms with Crippen LogP contribution in [0, 0.1) is 6.92 Å². The van der Waals surface area contributed by atoms with Crippen LogP contribution in [0.1, 0.15) is 30.5 Å². The molecule has 0 amide bonds. The van der Waals surface area contributed by atoms with Crippen molar-refractivity contribution >= 4 is 39.2 Å². The number of nitrogens with zero attached hydrogens (tertiary/aromatic N) is 3. The third-order valence-electron chi connectivity index (χ3n) is 3.00. The van der Waals surface area contributed by atoms with Crippen LogP contribution in [-0.4, -0.2) is 21.0 Å². The summed E-state index contributed by atoms with van der Waals surface area (Å²) in [7, 11) is 0. The van der Waals surface area contributed by atoms with Crippen molar-refractivity contribution in [1.29, 1.82) is 0 Å². The molecule has 0 aliphatic carbocycles. The first-order chi connectivity index (χ1) is 9.58. The Morgan fingerprint density at radius 3 is 2.80 bits per heavy atom. The van der Waals surface area contributed by atoms with Gasteiger partial charge in [0.25, 0.3) is 0 Å². The molecule has 0 spiro atoms. The number of nitrogen functional groups attached to an aromatic ring is 1. The lowest BCUT2D eigenvalue weighted by atomic mass is 10.1. The highest BCUT2D eigenvalue weighted by atomic mass is 79.9. The van der Waals surface area contributed by atoms with E-state index in [2.05, 4.69) is 54.6 Å². The topological polar surface area (TPSA) is 76.7 Å². The zero-order valence-corrected chi connectivity index (χ0v) is 14.0. The molecule has 0 saturated heterocycles. The summed E-state index contributed by atoms with van der Waals surface area (Å²) in [5.41, 5.74) is 5.64. The SMILES string of the molecule is CCC(CCc1sccc1Br)Nc1nc(C)nc(N)n1. The quantitative estimate of drug-likeness (QED) is 0.830. The molecule has 108 valence electrons. The number of anilines is 2. The van der Waals surface area contributed by atoms with Gasteiger partial charge in [-0.25, -0.2) is 0 Å². The molecule has 0 radical (unpaired) electrons. The predicted octanol–water partition coefficient (Wildman–Crippen LogP) is 3.41. The minimum atomic E-state index is 0.260. The fourth-order valence-electron chi connectivity index (χ4n) is 1.94. The molecule has 1 atom stereocenters. The van der Waals surface area contributed by atoms with E-state index in [0.717, 1.165) is 19.3 Å². The van der Waals surface area contributed by atoms with Crippen LogP contribution in [-0.2, 0) is 6.42 Å². The summed E-state index contributed by atoms with van der Waals surface area (Å²) >= 11 is 5.34. The van der Waals surface area contributed by atoms with E-state index in [1.165, 1.54) is 9.35 Å². The monoisotopic (exact) mass is 355 g/mol. The molecule has 2 aromatic rings. The molecule has 0 bridgehead atoms. The molecule has 0 aliphatic heterocycles. The van der Waals surface area contributed by atoms with Crippen molar-refractivity contribution in [3.63, 3.8) is 0 Å². The largest absolute Gasteiger partial charge is 0.368 e. The van der Waals surface area contributed by atoms with Crippen LogP contribution in [0.25, 0.3) is 0 Å². The van der Waals surface area contributed by atoms with Gasteiger partial charge < -0.3 is 11.1 Å². The second kappa shape index (κ2) is 6.99. The second-order valence-corrected chi connectivity index (χ2v) is 6.40. The standard InChI is InChI=1S/C13H18BrN5S/c1-3-9(4-5-11-10(14)6-7-20-11)18-13-17-8(2)16-12(15)19-13/h6-7,9H,3-5H2,1-2H3,(H3,15,16,17,18,19). The van der Waals surface area contributed by atoms with E-state index in [1.54, 1.807) is 11.3 Å². The summed E-state index contributed by atoms with van der Waals surface area (Å²) in [4.78, 5) is 13.7. The molecule has 0 aliphatic rings. The summed E-state index contributed by atoms with van der Waals surface area (Å²) in [6.07, 6.45) is 3.07. The molecule has 20 heavy (non-hydrogen) atoms. The Morgan fingerprint density at radius 2 is 2.20 bits per heavy atom. The van der Waals surface area contributed by atoms with Crippen LogP contribution >= 0.6 is 27.3 Å². The molecule has 0 aromatic carbocycles. The van der Waals surface area contributed by atoms with E-state index in [1.807, 2.05) is 6.92 Å². The van der Waals surface area contributed by atoms with Crippen LogP contribution in [0.3, 0.4) is 0 Å². The van der Waals surface area contributed by atoms with Crippen LogP contribution in [0.2, 0.25) is 0 Å². The molecule has 3 N–H and O–H groups in total. The molecule has 0 fully saturated rings. The molecular formula is C13H18BrN5S. The minimum absolute atomic E-state index is 0.260. The van der Waals surface area contributed by atoms with Gasteiger partial charge >= 0.3 is 0 Å². The Bertz CT molecular complexity index is 551. The fourth-order valence-corrected chi connectivity index (χ4v) is 3.51. The average molecular weight is 356 g/mol. The van der Waals surface area contributed by atoms with E-state index in [4.69, 9.17) is 5.73 Å². The van der Waals surface area contributed by atoms with E-state index in [9.17, 15) is 0 Å². The van der Waals surface area contributed by atoms with Crippen molar-refractivity contribution in [3.8, 4) is 0 Å². The summed E-state index contributed by atoms with van der Waals surface area (Å²) < 4.78 is 1.19. The number of thiophene rings is 1. The van der Waals surface area contributed by atoms with Crippen LogP contribution < -0.4 is 11.1 Å². The lowest BCUT2D eigenvalue weighted by Crippen LogP contribution is -2.21.